The third-order valence-electron chi connectivity index (χ3n) is 3.51. The average Bonchev–Trinajstić information content (AvgIpc) is 3.22. The first kappa shape index (κ1) is 17.2. The van der Waals surface area contributed by atoms with Gasteiger partial charge in [0.25, 0.3) is 5.91 Å². The minimum absolute atomic E-state index is 0.131. The van der Waals surface area contributed by atoms with E-state index in [1.807, 2.05) is 4.90 Å². The highest BCUT2D eigenvalue weighted by Gasteiger charge is 2.18. The van der Waals surface area contributed by atoms with Crippen molar-refractivity contribution < 1.29 is 9.59 Å². The molecule has 3 heterocycles. The quantitative estimate of drug-likeness (QED) is 0.622. The van der Waals surface area contributed by atoms with Gasteiger partial charge in [-0.05, 0) is 37.7 Å². The Kier molecular flexibility index (Phi) is 5.74. The predicted octanol–water partition coefficient (Wildman–Crippen LogP) is 2.05. The summed E-state index contributed by atoms with van der Waals surface area (Å²) in [7, 11) is 0. The molecule has 1 aliphatic heterocycles. The third kappa shape index (κ3) is 4.28. The highest BCUT2D eigenvalue weighted by atomic mass is 32.2. The number of piperidine rings is 1. The van der Waals surface area contributed by atoms with Crippen molar-refractivity contribution in [2.75, 3.05) is 24.2 Å². The molecule has 2 aromatic heterocycles. The van der Waals surface area contributed by atoms with E-state index in [0.717, 1.165) is 37.5 Å². The monoisotopic (exact) mass is 384 g/mol. The molecule has 2 amide bonds. The molecule has 1 aliphatic rings. The first-order valence-electron chi connectivity index (χ1n) is 7.48. The zero-order valence-corrected chi connectivity index (χ0v) is 15.5. The summed E-state index contributed by atoms with van der Waals surface area (Å²) in [4.78, 5) is 26.6. The lowest BCUT2D eigenvalue weighted by Crippen LogP contribution is -2.36. The normalized spacial score (nSPS) is 14.6. The van der Waals surface area contributed by atoms with Gasteiger partial charge < -0.3 is 4.90 Å². The Morgan fingerprint density at radius 2 is 2.00 bits per heavy atom. The summed E-state index contributed by atoms with van der Waals surface area (Å²) in [6, 6.07) is 0. The fraction of sp³-hybridized carbons (Fsp3) is 0.538. The number of amides is 2. The summed E-state index contributed by atoms with van der Waals surface area (Å²) in [5, 5.41) is 14.8. The Morgan fingerprint density at radius 3 is 2.71 bits per heavy atom. The van der Waals surface area contributed by atoms with Crippen molar-refractivity contribution in [1.29, 1.82) is 0 Å². The van der Waals surface area contributed by atoms with Crippen molar-refractivity contribution >= 4 is 51.6 Å². The fourth-order valence-electron chi connectivity index (χ4n) is 2.27. The van der Waals surface area contributed by atoms with Crippen LogP contribution in [0.5, 0.6) is 0 Å². The smallest absolute Gasteiger partial charge is 0.271 e. The number of hydrogen-bond acceptors (Lipinski definition) is 9. The van der Waals surface area contributed by atoms with Crippen molar-refractivity contribution in [2.45, 2.75) is 30.5 Å². The van der Waals surface area contributed by atoms with Gasteiger partial charge in [-0.2, -0.15) is 0 Å². The second-order valence-corrected chi connectivity index (χ2v) is 8.20. The average molecular weight is 385 g/mol. The van der Waals surface area contributed by atoms with Crippen molar-refractivity contribution in [3.8, 4) is 0 Å². The molecule has 1 N–H and O–H groups in total. The Morgan fingerprint density at radius 1 is 1.21 bits per heavy atom. The number of thioether (sulfide) groups is 1. The molecule has 0 bridgehead atoms. The molecule has 24 heavy (non-hydrogen) atoms. The lowest BCUT2D eigenvalue weighted by molar-refractivity contribution is -0.129. The summed E-state index contributed by atoms with van der Waals surface area (Å²) in [6.45, 7) is 3.42. The molecule has 0 aliphatic carbocycles. The highest BCUT2D eigenvalue weighted by Crippen LogP contribution is 2.26. The molecule has 0 saturated carbocycles. The summed E-state index contributed by atoms with van der Waals surface area (Å²) < 4.78 is 4.40. The highest BCUT2D eigenvalue weighted by molar-refractivity contribution is 8.01. The van der Waals surface area contributed by atoms with Gasteiger partial charge in [0, 0.05) is 13.1 Å². The van der Waals surface area contributed by atoms with Crippen molar-refractivity contribution in [1.82, 2.24) is 24.7 Å². The number of carbonyl (C=O) groups excluding carboxylic acids is 2. The molecule has 128 valence electrons. The van der Waals surface area contributed by atoms with Gasteiger partial charge in [0.2, 0.25) is 11.0 Å². The van der Waals surface area contributed by atoms with E-state index < -0.39 is 0 Å². The van der Waals surface area contributed by atoms with Crippen LogP contribution in [0, 0.1) is 6.92 Å². The van der Waals surface area contributed by atoms with E-state index in [4.69, 9.17) is 0 Å². The van der Waals surface area contributed by atoms with Gasteiger partial charge in [0.15, 0.2) is 4.34 Å². The summed E-state index contributed by atoms with van der Waals surface area (Å²) >= 11 is 3.65. The van der Waals surface area contributed by atoms with Crippen LogP contribution in [0.25, 0.3) is 0 Å². The molecule has 1 saturated heterocycles. The second kappa shape index (κ2) is 7.99. The Bertz CT molecular complexity index is 725. The fourth-order valence-corrected chi connectivity index (χ4v) is 4.47. The van der Waals surface area contributed by atoms with Gasteiger partial charge in [-0.3, -0.25) is 14.9 Å². The van der Waals surface area contributed by atoms with Crippen LogP contribution in [0.1, 0.15) is 34.6 Å². The van der Waals surface area contributed by atoms with Gasteiger partial charge in [-0.1, -0.05) is 27.6 Å². The van der Waals surface area contributed by atoms with Crippen LogP contribution in [0.2, 0.25) is 0 Å². The van der Waals surface area contributed by atoms with Crippen molar-refractivity contribution in [3.63, 3.8) is 0 Å². The third-order valence-corrected chi connectivity index (χ3v) is 6.30. The topological polar surface area (TPSA) is 101 Å². The number of nitrogens with zero attached hydrogens (tertiary/aromatic N) is 5. The van der Waals surface area contributed by atoms with Crippen LogP contribution in [0.3, 0.4) is 0 Å². The summed E-state index contributed by atoms with van der Waals surface area (Å²) in [5.74, 6) is 0.187. The van der Waals surface area contributed by atoms with Crippen LogP contribution < -0.4 is 5.32 Å². The summed E-state index contributed by atoms with van der Waals surface area (Å²) in [6.07, 6.45) is 3.36. The van der Waals surface area contributed by atoms with Crippen LogP contribution >= 0.6 is 34.6 Å². The SMILES string of the molecule is Cc1nnsc1C(=O)Nc1nnc(SCC(=O)N2CCCCC2)s1. The van der Waals surface area contributed by atoms with E-state index >= 15 is 0 Å². The molecule has 0 aromatic carbocycles. The van der Waals surface area contributed by atoms with E-state index in [9.17, 15) is 9.59 Å². The van der Waals surface area contributed by atoms with Crippen molar-refractivity contribution in [3.05, 3.63) is 10.6 Å². The molecule has 0 spiro atoms. The zero-order valence-electron chi connectivity index (χ0n) is 13.0. The van der Waals surface area contributed by atoms with Gasteiger partial charge in [0.1, 0.15) is 4.88 Å². The molecular formula is C13H16N6O2S3. The second-order valence-electron chi connectivity index (χ2n) is 5.24. The number of rotatable bonds is 5. The Labute approximate surface area is 151 Å². The standard InChI is InChI=1S/C13H16N6O2S3/c1-8-10(24-18-15-8)11(21)14-12-16-17-13(23-12)22-7-9(20)19-5-3-2-4-6-19/h2-7H2,1H3,(H,14,16,21). The van der Waals surface area contributed by atoms with E-state index in [-0.39, 0.29) is 11.8 Å². The Balaban J connectivity index is 1.51. The molecular weight excluding hydrogens is 368 g/mol. The zero-order chi connectivity index (χ0) is 16.9. The van der Waals surface area contributed by atoms with Crippen LogP contribution in [-0.2, 0) is 4.79 Å². The molecule has 0 unspecified atom stereocenters. The largest absolute Gasteiger partial charge is 0.342 e. The van der Waals surface area contributed by atoms with E-state index in [1.165, 1.54) is 29.5 Å². The van der Waals surface area contributed by atoms with E-state index in [0.29, 0.717) is 25.8 Å². The minimum Gasteiger partial charge on any atom is -0.342 e. The predicted molar refractivity (Wildman–Crippen MR) is 93.7 cm³/mol. The Hall–Kier alpha value is -1.59. The van der Waals surface area contributed by atoms with E-state index in [2.05, 4.69) is 25.1 Å². The molecule has 2 aromatic rings. The van der Waals surface area contributed by atoms with E-state index in [1.54, 1.807) is 6.92 Å². The van der Waals surface area contributed by atoms with Gasteiger partial charge >= 0.3 is 0 Å². The van der Waals surface area contributed by atoms with Gasteiger partial charge in [0.05, 0.1) is 11.4 Å². The lowest BCUT2D eigenvalue weighted by Gasteiger charge is -2.26. The maximum absolute atomic E-state index is 12.1. The molecule has 0 radical (unpaired) electrons. The first-order valence-corrected chi connectivity index (χ1v) is 10.1. The number of likely N-dealkylation sites (tertiary alicyclic amines) is 1. The molecule has 3 rings (SSSR count). The molecule has 11 heteroatoms. The maximum Gasteiger partial charge on any atom is 0.271 e. The number of aryl methyl sites for hydroxylation is 1. The number of hydrogen-bond donors (Lipinski definition) is 1. The number of aromatic nitrogens is 4. The maximum atomic E-state index is 12.1. The van der Waals surface area contributed by atoms with Gasteiger partial charge in [-0.25, -0.2) is 0 Å². The van der Waals surface area contributed by atoms with Crippen LogP contribution in [0.4, 0.5) is 5.13 Å². The molecule has 8 nitrogen and oxygen atoms in total. The number of anilines is 1. The first-order chi connectivity index (χ1) is 11.6. The van der Waals surface area contributed by atoms with Crippen molar-refractivity contribution in [2.24, 2.45) is 0 Å². The minimum atomic E-state index is -0.292. The molecule has 1 fully saturated rings. The van der Waals surface area contributed by atoms with Crippen LogP contribution in [0.15, 0.2) is 4.34 Å². The van der Waals surface area contributed by atoms with Crippen LogP contribution in [-0.4, -0.2) is 55.3 Å². The summed E-state index contributed by atoms with van der Waals surface area (Å²) in [5.41, 5.74) is 0.587. The number of carbonyl (C=O) groups is 2. The molecule has 0 atom stereocenters. The lowest BCUT2D eigenvalue weighted by atomic mass is 10.1. The van der Waals surface area contributed by atoms with Gasteiger partial charge in [-0.15, -0.1) is 15.3 Å². The number of nitrogens with one attached hydrogen (secondary N) is 1.